The number of nitrogens with one attached hydrogen (secondary N) is 1. The smallest absolute Gasteiger partial charge is 0.242 e. The molecule has 0 radical (unpaired) electrons. The molecule has 3 N–H and O–H groups in total. The number of nitrogens with two attached hydrogens (primary N) is 1. The van der Waals surface area contributed by atoms with E-state index in [1.807, 2.05) is 13.8 Å². The first-order valence-electron chi connectivity index (χ1n) is 6.20. The van der Waals surface area contributed by atoms with E-state index in [0.717, 1.165) is 19.3 Å². The van der Waals surface area contributed by atoms with Crippen LogP contribution in [-0.2, 0) is 16.6 Å². The van der Waals surface area contributed by atoms with E-state index in [4.69, 9.17) is 5.73 Å². The van der Waals surface area contributed by atoms with Crippen molar-refractivity contribution in [3.8, 4) is 0 Å². The highest BCUT2D eigenvalue weighted by Gasteiger charge is 2.18. The van der Waals surface area contributed by atoms with Gasteiger partial charge in [-0.05, 0) is 25.0 Å². The molecular formula is C12H21N3O2S. The summed E-state index contributed by atoms with van der Waals surface area (Å²) in [5.41, 5.74) is 6.10. The molecule has 1 atom stereocenters. The lowest BCUT2D eigenvalue weighted by atomic mass is 10.1. The normalized spacial score (nSPS) is 13.5. The van der Waals surface area contributed by atoms with Crippen LogP contribution in [0.15, 0.2) is 23.2 Å². The van der Waals surface area contributed by atoms with Crippen LogP contribution in [0.1, 0.15) is 38.8 Å². The summed E-state index contributed by atoms with van der Waals surface area (Å²) >= 11 is 0. The second kappa shape index (κ2) is 6.82. The predicted octanol–water partition coefficient (Wildman–Crippen LogP) is 1.40. The molecule has 0 aliphatic heterocycles. The molecule has 0 saturated carbocycles. The molecule has 1 unspecified atom stereocenters. The van der Waals surface area contributed by atoms with Gasteiger partial charge >= 0.3 is 0 Å². The van der Waals surface area contributed by atoms with Crippen LogP contribution in [0.25, 0.3) is 0 Å². The van der Waals surface area contributed by atoms with Crippen molar-refractivity contribution in [1.82, 2.24) is 9.71 Å². The summed E-state index contributed by atoms with van der Waals surface area (Å²) in [7, 11) is -3.47. The second-order valence-corrected chi connectivity index (χ2v) is 5.92. The van der Waals surface area contributed by atoms with Gasteiger partial charge in [-0.1, -0.05) is 20.3 Å². The average molecular weight is 271 g/mol. The third-order valence-electron chi connectivity index (χ3n) is 2.77. The van der Waals surface area contributed by atoms with Gasteiger partial charge in [-0.25, -0.2) is 13.1 Å². The minimum absolute atomic E-state index is 0.0193. The maximum absolute atomic E-state index is 12.1. The number of hydrogen-bond donors (Lipinski definition) is 2. The Balaban J connectivity index is 2.84. The number of sulfonamides is 1. The van der Waals surface area contributed by atoms with Crippen molar-refractivity contribution in [2.75, 3.05) is 0 Å². The lowest BCUT2D eigenvalue weighted by molar-refractivity contribution is 0.512. The lowest BCUT2D eigenvalue weighted by Gasteiger charge is -2.16. The van der Waals surface area contributed by atoms with E-state index in [0.29, 0.717) is 12.2 Å². The molecule has 0 bridgehead atoms. The van der Waals surface area contributed by atoms with Crippen molar-refractivity contribution in [2.24, 2.45) is 5.73 Å². The third-order valence-corrected chi connectivity index (χ3v) is 4.27. The topological polar surface area (TPSA) is 85.1 Å². The van der Waals surface area contributed by atoms with Crippen LogP contribution in [0.2, 0.25) is 0 Å². The highest BCUT2D eigenvalue weighted by Crippen LogP contribution is 2.11. The lowest BCUT2D eigenvalue weighted by Crippen LogP contribution is -2.34. The second-order valence-electron chi connectivity index (χ2n) is 4.20. The zero-order valence-corrected chi connectivity index (χ0v) is 11.7. The van der Waals surface area contributed by atoms with E-state index >= 15 is 0 Å². The molecule has 5 nitrogen and oxygen atoms in total. The zero-order chi connectivity index (χ0) is 13.6. The Morgan fingerprint density at radius 1 is 1.39 bits per heavy atom. The predicted molar refractivity (Wildman–Crippen MR) is 71.4 cm³/mol. The largest absolute Gasteiger partial charge is 0.325 e. The van der Waals surface area contributed by atoms with Crippen LogP contribution < -0.4 is 10.5 Å². The quantitative estimate of drug-likeness (QED) is 0.785. The first-order valence-corrected chi connectivity index (χ1v) is 7.69. The molecule has 18 heavy (non-hydrogen) atoms. The van der Waals surface area contributed by atoms with Gasteiger partial charge in [0.2, 0.25) is 10.0 Å². The minimum Gasteiger partial charge on any atom is -0.325 e. The fourth-order valence-electron chi connectivity index (χ4n) is 1.67. The van der Waals surface area contributed by atoms with Crippen molar-refractivity contribution in [3.05, 3.63) is 24.0 Å². The maximum Gasteiger partial charge on any atom is 0.242 e. The van der Waals surface area contributed by atoms with Gasteiger partial charge in [0.1, 0.15) is 4.90 Å². The van der Waals surface area contributed by atoms with Gasteiger partial charge in [0.15, 0.2) is 0 Å². The summed E-state index contributed by atoms with van der Waals surface area (Å²) in [5, 5.41) is 0. The van der Waals surface area contributed by atoms with Crippen LogP contribution in [0.3, 0.4) is 0 Å². The molecule has 102 valence electrons. The van der Waals surface area contributed by atoms with Crippen LogP contribution in [0.4, 0.5) is 0 Å². The Bertz CT molecular complexity index is 457. The van der Waals surface area contributed by atoms with Gasteiger partial charge in [0.05, 0.1) is 5.69 Å². The average Bonchev–Trinajstić information content (AvgIpc) is 2.38. The first kappa shape index (κ1) is 15.1. The van der Waals surface area contributed by atoms with E-state index in [1.54, 1.807) is 6.07 Å². The molecule has 0 aromatic carbocycles. The standard InChI is InChI=1S/C12H21N3O2S/c1-3-5-10(4-2)15-18(16,17)12-7-6-11(8-13)14-9-12/h6-7,9-10,15H,3-5,8,13H2,1-2H3. The van der Waals surface area contributed by atoms with Crippen LogP contribution in [0, 0.1) is 0 Å². The summed E-state index contributed by atoms with van der Waals surface area (Å²) in [6.07, 6.45) is 3.92. The Labute approximate surface area is 109 Å². The molecule has 0 saturated heterocycles. The van der Waals surface area contributed by atoms with Gasteiger partial charge < -0.3 is 5.73 Å². The summed E-state index contributed by atoms with van der Waals surface area (Å²) in [5.74, 6) is 0. The van der Waals surface area contributed by atoms with Crippen molar-refractivity contribution < 1.29 is 8.42 Å². The molecule has 1 aromatic heterocycles. The summed E-state index contributed by atoms with van der Waals surface area (Å²) in [4.78, 5) is 4.19. The zero-order valence-electron chi connectivity index (χ0n) is 10.9. The van der Waals surface area contributed by atoms with E-state index < -0.39 is 10.0 Å². The molecule has 1 rings (SSSR count). The van der Waals surface area contributed by atoms with Gasteiger partial charge in [-0.15, -0.1) is 0 Å². The molecule has 0 amide bonds. The monoisotopic (exact) mass is 271 g/mol. The molecule has 1 aromatic rings. The van der Waals surface area contributed by atoms with Gasteiger partial charge in [-0.3, -0.25) is 4.98 Å². The van der Waals surface area contributed by atoms with Gasteiger partial charge in [-0.2, -0.15) is 0 Å². The fourth-order valence-corrected chi connectivity index (χ4v) is 2.97. The van der Waals surface area contributed by atoms with Crippen molar-refractivity contribution in [3.63, 3.8) is 0 Å². The number of pyridine rings is 1. The van der Waals surface area contributed by atoms with E-state index in [2.05, 4.69) is 9.71 Å². The highest BCUT2D eigenvalue weighted by molar-refractivity contribution is 7.89. The molecule has 0 spiro atoms. The molecule has 0 aliphatic rings. The molecule has 1 heterocycles. The minimum atomic E-state index is -3.47. The van der Waals surface area contributed by atoms with Crippen molar-refractivity contribution in [1.29, 1.82) is 0 Å². The summed E-state index contributed by atoms with van der Waals surface area (Å²) < 4.78 is 26.9. The Morgan fingerprint density at radius 2 is 2.11 bits per heavy atom. The Morgan fingerprint density at radius 3 is 2.56 bits per heavy atom. The van der Waals surface area contributed by atoms with Crippen LogP contribution >= 0.6 is 0 Å². The summed E-state index contributed by atoms with van der Waals surface area (Å²) in [6.45, 7) is 4.31. The third kappa shape index (κ3) is 4.04. The molecule has 6 heteroatoms. The first-order chi connectivity index (χ1) is 8.53. The van der Waals surface area contributed by atoms with E-state index in [-0.39, 0.29) is 10.9 Å². The van der Waals surface area contributed by atoms with E-state index in [1.165, 1.54) is 12.3 Å². The number of hydrogen-bond acceptors (Lipinski definition) is 4. The highest BCUT2D eigenvalue weighted by atomic mass is 32.2. The van der Waals surface area contributed by atoms with Gasteiger partial charge in [0.25, 0.3) is 0 Å². The van der Waals surface area contributed by atoms with E-state index in [9.17, 15) is 8.42 Å². The molecule has 0 fully saturated rings. The van der Waals surface area contributed by atoms with Gasteiger partial charge in [0, 0.05) is 18.8 Å². The maximum atomic E-state index is 12.1. The Hall–Kier alpha value is -0.980. The SMILES string of the molecule is CCCC(CC)NS(=O)(=O)c1ccc(CN)nc1. The summed E-state index contributed by atoms with van der Waals surface area (Å²) in [6, 6.07) is 3.15. The fraction of sp³-hybridized carbons (Fsp3) is 0.583. The van der Waals surface area contributed by atoms with Crippen molar-refractivity contribution >= 4 is 10.0 Å². The van der Waals surface area contributed by atoms with Crippen LogP contribution in [-0.4, -0.2) is 19.4 Å². The molecular weight excluding hydrogens is 250 g/mol. The number of rotatable bonds is 7. The Kier molecular flexibility index (Phi) is 5.71. The number of nitrogens with zero attached hydrogens (tertiary/aromatic N) is 1. The number of aromatic nitrogens is 1. The van der Waals surface area contributed by atoms with Crippen molar-refractivity contribution in [2.45, 2.75) is 50.6 Å². The van der Waals surface area contributed by atoms with Crippen LogP contribution in [0.5, 0.6) is 0 Å². The molecule has 0 aliphatic carbocycles.